The highest BCUT2D eigenvalue weighted by Crippen LogP contribution is 2.60. The molecule has 5 aliphatic rings. The predicted molar refractivity (Wildman–Crippen MR) is 245 cm³/mol. The van der Waals surface area contributed by atoms with Crippen LogP contribution in [-0.4, -0.2) is 126 Å². The van der Waals surface area contributed by atoms with E-state index in [1.807, 2.05) is 48.5 Å². The number of ketones is 2. The van der Waals surface area contributed by atoms with Gasteiger partial charge in [0.25, 0.3) is 0 Å². The summed E-state index contributed by atoms with van der Waals surface area (Å²) in [6, 6.07) is 16.8. The molecule has 0 saturated carbocycles. The highest BCUT2D eigenvalue weighted by atomic mass is 16.6. The monoisotopic (exact) mass is 961 g/mol. The van der Waals surface area contributed by atoms with Crippen molar-refractivity contribution >= 4 is 59.2 Å². The number of nitrogens with zero attached hydrogens (tertiary/aromatic N) is 2. The molecule has 2 aliphatic carbocycles. The predicted octanol–water partition coefficient (Wildman–Crippen LogP) is 1.13. The maximum Gasteiger partial charge on any atom is 0.410 e. The van der Waals surface area contributed by atoms with E-state index in [9.17, 15) is 43.2 Å². The van der Waals surface area contributed by atoms with Gasteiger partial charge in [-0.25, -0.2) is 14.4 Å². The molecule has 70 heavy (non-hydrogen) atoms. The van der Waals surface area contributed by atoms with Gasteiger partial charge < -0.3 is 62.3 Å². The lowest BCUT2D eigenvalue weighted by Gasteiger charge is -2.40. The number of fused-ring (bicyclic) bond motifs is 7. The minimum atomic E-state index is -1.48. The van der Waals surface area contributed by atoms with Crippen molar-refractivity contribution in [2.45, 2.75) is 75.7 Å². The smallest absolute Gasteiger partial charge is 0.410 e. The number of methoxy groups -OCH3 is 1. The summed E-state index contributed by atoms with van der Waals surface area (Å²) in [5, 5.41) is 9.98. The average molecular weight is 962 g/mol. The molecule has 3 aliphatic heterocycles. The molecule has 0 aromatic heterocycles. The van der Waals surface area contributed by atoms with Crippen LogP contribution in [0.3, 0.4) is 0 Å². The highest BCUT2D eigenvalue weighted by Gasteiger charge is 2.78. The second kappa shape index (κ2) is 19.0. The number of allylic oxidation sites excluding steroid dienone is 2. The summed E-state index contributed by atoms with van der Waals surface area (Å²) in [4.78, 5) is 119. The molecule has 1 unspecified atom stereocenters. The summed E-state index contributed by atoms with van der Waals surface area (Å²) < 4.78 is 22.3. The fraction of sp³-hybridized carbons (Fsp3) is 0.354. The first-order valence-corrected chi connectivity index (χ1v) is 22.3. The summed E-state index contributed by atoms with van der Waals surface area (Å²) >= 11 is 0. The first-order chi connectivity index (χ1) is 33.4. The third kappa shape index (κ3) is 8.72. The second-order valence-corrected chi connectivity index (χ2v) is 17.5. The number of hydrogen-bond donors (Lipinski definition) is 7. The van der Waals surface area contributed by atoms with Gasteiger partial charge in [0.15, 0.2) is 5.72 Å². The molecule has 2 fully saturated rings. The highest BCUT2D eigenvalue weighted by molar-refractivity contribution is 6.25. The Morgan fingerprint density at radius 3 is 2.00 bits per heavy atom. The molecule has 7 amide bonds. The van der Waals surface area contributed by atoms with E-state index >= 15 is 0 Å². The van der Waals surface area contributed by atoms with E-state index in [-0.39, 0.29) is 53.9 Å². The van der Waals surface area contributed by atoms with Gasteiger partial charge in [0.2, 0.25) is 35.2 Å². The van der Waals surface area contributed by atoms with Crippen LogP contribution in [0.4, 0.5) is 20.1 Å². The molecule has 8 rings (SSSR count). The first-order valence-electron chi connectivity index (χ1n) is 22.3. The molecule has 0 bridgehead atoms. The van der Waals surface area contributed by atoms with Gasteiger partial charge in [-0.15, -0.1) is 0 Å². The number of hydrogen-bond acceptors (Lipinski definition) is 15. The lowest BCUT2D eigenvalue weighted by molar-refractivity contribution is -0.144. The second-order valence-electron chi connectivity index (χ2n) is 17.5. The maximum absolute atomic E-state index is 13.5. The number of amides is 7. The Morgan fingerprint density at radius 1 is 0.771 bits per heavy atom. The van der Waals surface area contributed by atoms with Crippen molar-refractivity contribution in [1.82, 2.24) is 25.8 Å². The molecule has 2 saturated heterocycles. The molecule has 22 nitrogen and oxygen atoms in total. The molecule has 3 aromatic rings. The van der Waals surface area contributed by atoms with Crippen LogP contribution in [-0.2, 0) is 54.3 Å². The van der Waals surface area contributed by atoms with Crippen molar-refractivity contribution in [3.63, 3.8) is 0 Å². The number of primary amides is 2. The van der Waals surface area contributed by atoms with E-state index in [1.165, 1.54) is 44.9 Å². The Balaban J connectivity index is 0.811. The Kier molecular flexibility index (Phi) is 13.1. The SMILES string of the molecule is CO[C@]12C3[C@H](CN1C1=C(C(=O)C(N)=C(C)C1=O)[C@H]2COC(N)=O)N3C(=O)OCc1ccc(NC(=O)[C@H](CC(N)=O)NC(=O)[C@H](C)NC(=O)[C@H](C)NC(=O)OCC2c3ccccc3-c3ccccc32)cc1. The van der Waals surface area contributed by atoms with Gasteiger partial charge in [-0.1, -0.05) is 60.7 Å². The van der Waals surface area contributed by atoms with Crippen LogP contribution in [0.25, 0.3) is 11.1 Å². The zero-order valence-corrected chi connectivity index (χ0v) is 38.4. The van der Waals surface area contributed by atoms with Gasteiger partial charge in [0, 0.05) is 36.4 Å². The third-order valence-electron chi connectivity index (χ3n) is 13.3. The summed E-state index contributed by atoms with van der Waals surface area (Å²) in [6.45, 7) is 3.69. The number of piperazine rings is 1. The maximum atomic E-state index is 13.5. The molecule has 7 atom stereocenters. The Labute approximate surface area is 400 Å². The number of nitrogens with two attached hydrogens (primary N) is 3. The van der Waals surface area contributed by atoms with Crippen LogP contribution in [0.1, 0.15) is 49.8 Å². The molecular weight excluding hydrogens is 911 g/mol. The number of nitrogens with one attached hydrogen (secondary N) is 4. The van der Waals surface area contributed by atoms with E-state index in [4.69, 9.17) is 36.1 Å². The lowest BCUT2D eigenvalue weighted by atomic mass is 9.82. The molecule has 366 valence electrons. The van der Waals surface area contributed by atoms with E-state index in [0.717, 1.165) is 22.3 Å². The first kappa shape index (κ1) is 48.2. The van der Waals surface area contributed by atoms with Crippen LogP contribution in [0.15, 0.2) is 95.3 Å². The minimum Gasteiger partial charge on any atom is -0.449 e. The quantitative estimate of drug-likeness (QED) is 0.0601. The Morgan fingerprint density at radius 2 is 1.39 bits per heavy atom. The number of ether oxygens (including phenoxy) is 4. The van der Waals surface area contributed by atoms with E-state index in [2.05, 4.69) is 21.3 Å². The van der Waals surface area contributed by atoms with Crippen LogP contribution in [0, 0.1) is 5.92 Å². The summed E-state index contributed by atoms with van der Waals surface area (Å²) in [5.41, 5.74) is 20.0. The average Bonchev–Trinajstić information content (AvgIpc) is 3.67. The molecule has 3 heterocycles. The number of alkyl carbamates (subject to hydrolysis) is 1. The zero-order valence-electron chi connectivity index (χ0n) is 38.4. The minimum absolute atomic E-state index is 0.0120. The van der Waals surface area contributed by atoms with Gasteiger partial charge in [-0.3, -0.25) is 33.7 Å². The third-order valence-corrected chi connectivity index (χ3v) is 13.3. The zero-order chi connectivity index (χ0) is 50.3. The number of anilines is 1. The molecular formula is C48H51N9O13. The Hall–Kier alpha value is -8.27. The number of rotatable bonds is 16. The fourth-order valence-electron chi connectivity index (χ4n) is 9.85. The lowest BCUT2D eigenvalue weighted by Crippen LogP contribution is -2.56. The molecule has 10 N–H and O–H groups in total. The van der Waals surface area contributed by atoms with Gasteiger partial charge in [-0.05, 0) is 60.7 Å². The topological polar surface area (TPSA) is 323 Å². The molecule has 22 heteroatoms. The van der Waals surface area contributed by atoms with Crippen molar-refractivity contribution in [2.24, 2.45) is 23.1 Å². The number of carbonyl (C=O) groups excluding carboxylic acids is 9. The van der Waals surface area contributed by atoms with Gasteiger partial charge in [0.05, 0.1) is 29.8 Å². The summed E-state index contributed by atoms with van der Waals surface area (Å²) in [6.07, 6.45) is -3.27. The van der Waals surface area contributed by atoms with Crippen LogP contribution in [0.5, 0.6) is 0 Å². The normalized spacial score (nSPS) is 21.8. The molecule has 3 aromatic carbocycles. The van der Waals surface area contributed by atoms with E-state index in [1.54, 1.807) is 17.0 Å². The van der Waals surface area contributed by atoms with Crippen molar-refractivity contribution in [1.29, 1.82) is 0 Å². The van der Waals surface area contributed by atoms with Crippen molar-refractivity contribution in [2.75, 3.05) is 32.2 Å². The van der Waals surface area contributed by atoms with Gasteiger partial charge >= 0.3 is 18.3 Å². The molecule has 0 radical (unpaired) electrons. The van der Waals surface area contributed by atoms with Crippen LogP contribution in [0.2, 0.25) is 0 Å². The standard InChI is InChI=1S/C48H51N9O13/c1-22-37(50)40(60)36-32(21-68-45(51)64)48(67-4)41-34(18-56(48)38(36)39(22)59)57(41)47(66)70-19-25-13-15-26(16-14-25)54-44(63)33(17-35(49)58)55-43(62)23(2)52-42(61)24(3)53-46(65)69-20-31-29-11-7-5-9-27(29)28-10-6-8-12-30(28)31/h5-16,23-24,31-34,41H,17-21,50H2,1-4H3,(H2,49,58)(H2,51,64)(H,52,61)(H,53,65)(H,54,63)(H,55,62)/t23-,24-,32+,33-,34-,41?,48+,57?/m0/s1. The van der Waals surface area contributed by atoms with Gasteiger partial charge in [-0.2, -0.15) is 0 Å². The summed E-state index contributed by atoms with van der Waals surface area (Å²) in [5.74, 6) is -5.56. The number of benzene rings is 3. The van der Waals surface area contributed by atoms with Crippen molar-refractivity contribution in [3.05, 3.63) is 112 Å². The number of carbonyl (C=O) groups is 9. The van der Waals surface area contributed by atoms with Crippen molar-refractivity contribution in [3.8, 4) is 11.1 Å². The van der Waals surface area contributed by atoms with Crippen molar-refractivity contribution < 1.29 is 62.1 Å². The van der Waals surface area contributed by atoms with Crippen LogP contribution < -0.4 is 38.5 Å². The van der Waals surface area contributed by atoms with E-state index in [0.29, 0.717) is 5.56 Å². The summed E-state index contributed by atoms with van der Waals surface area (Å²) in [7, 11) is 1.36. The van der Waals surface area contributed by atoms with Gasteiger partial charge in [0.1, 0.15) is 44.0 Å². The largest absolute Gasteiger partial charge is 0.449 e. The molecule has 0 spiro atoms. The fourth-order valence-corrected chi connectivity index (χ4v) is 9.85. The van der Waals surface area contributed by atoms with Crippen LogP contribution >= 0.6 is 0 Å². The number of Topliss-reactive ketones (excluding diaryl/α,β-unsaturated/α-hetero) is 2. The van der Waals surface area contributed by atoms with E-state index < -0.39 is 108 Å². The Bertz CT molecular complexity index is 2750.